The van der Waals surface area contributed by atoms with Crippen molar-refractivity contribution in [1.82, 2.24) is 0 Å². The zero-order chi connectivity index (χ0) is 26.8. The van der Waals surface area contributed by atoms with Crippen LogP contribution in [0, 0.1) is 34.6 Å². The minimum Gasteiger partial charge on any atom is -0.388 e. The summed E-state index contributed by atoms with van der Waals surface area (Å²) >= 11 is 0. The molecule has 6 rings (SSSR count). The highest BCUT2D eigenvalue weighted by molar-refractivity contribution is 6.14. The Hall–Kier alpha value is -6.03. The number of benzene rings is 6. The summed E-state index contributed by atoms with van der Waals surface area (Å²) < 4.78 is 15.6. The maximum absolute atomic E-state index is 9.45. The van der Waals surface area contributed by atoms with Gasteiger partial charge < -0.3 is 14.2 Å². The van der Waals surface area contributed by atoms with Crippen molar-refractivity contribution in [3.8, 4) is 58.3 Å². The number of rotatable bonds is 5. The SMILES string of the molecule is N#COc1ccc2c(-c3ccc(-c4cccc5ccc(OC#N)cc45)c4cccc(OC#N)c34)cccc2c1. The van der Waals surface area contributed by atoms with Gasteiger partial charge in [-0.2, -0.15) is 0 Å². The van der Waals surface area contributed by atoms with Gasteiger partial charge in [-0.1, -0.05) is 72.8 Å². The van der Waals surface area contributed by atoms with Crippen molar-refractivity contribution >= 4 is 32.3 Å². The summed E-state index contributed by atoms with van der Waals surface area (Å²) in [5.74, 6) is 1.37. The van der Waals surface area contributed by atoms with Crippen LogP contribution in [0.15, 0.2) is 103 Å². The van der Waals surface area contributed by atoms with Crippen molar-refractivity contribution in [1.29, 1.82) is 15.8 Å². The highest BCUT2D eigenvalue weighted by Gasteiger charge is 2.17. The number of fused-ring (bicyclic) bond motifs is 3. The number of nitrogens with zero attached hydrogens (tertiary/aromatic N) is 3. The van der Waals surface area contributed by atoms with Crippen LogP contribution in [0.3, 0.4) is 0 Å². The van der Waals surface area contributed by atoms with E-state index >= 15 is 0 Å². The molecule has 0 saturated heterocycles. The topological polar surface area (TPSA) is 99.1 Å². The molecule has 6 aromatic carbocycles. The van der Waals surface area contributed by atoms with Crippen molar-refractivity contribution < 1.29 is 14.2 Å². The Balaban J connectivity index is 1.65. The average molecular weight is 504 g/mol. The number of hydrogen-bond donors (Lipinski definition) is 0. The van der Waals surface area contributed by atoms with Crippen LogP contribution in [0.1, 0.15) is 0 Å². The van der Waals surface area contributed by atoms with Crippen LogP contribution >= 0.6 is 0 Å². The minimum atomic E-state index is 0.446. The quantitative estimate of drug-likeness (QED) is 0.221. The van der Waals surface area contributed by atoms with Crippen LogP contribution in [0.5, 0.6) is 17.2 Å². The predicted molar refractivity (Wildman–Crippen MR) is 149 cm³/mol. The maximum Gasteiger partial charge on any atom is 0.292 e. The molecule has 0 amide bonds. The first-order valence-corrected chi connectivity index (χ1v) is 12.0. The molecule has 0 aromatic heterocycles. The number of ether oxygens (including phenoxy) is 3. The van der Waals surface area contributed by atoms with E-state index in [0.29, 0.717) is 17.2 Å². The molecule has 0 heterocycles. The van der Waals surface area contributed by atoms with Crippen LogP contribution in [0.4, 0.5) is 0 Å². The normalized spacial score (nSPS) is 10.5. The molecular weight excluding hydrogens is 486 g/mol. The second-order valence-electron chi connectivity index (χ2n) is 8.80. The Morgan fingerprint density at radius 3 is 1.82 bits per heavy atom. The summed E-state index contributed by atoms with van der Waals surface area (Å²) in [7, 11) is 0. The van der Waals surface area contributed by atoms with Gasteiger partial charge in [0.05, 0.1) is 0 Å². The van der Waals surface area contributed by atoms with Crippen LogP contribution in [-0.2, 0) is 0 Å². The first-order valence-electron chi connectivity index (χ1n) is 12.0. The molecule has 6 nitrogen and oxygen atoms in total. The summed E-state index contributed by atoms with van der Waals surface area (Å²) in [6.45, 7) is 0. The molecule has 6 heteroatoms. The summed E-state index contributed by atoms with van der Waals surface area (Å²) in [5.41, 5.74) is 3.75. The molecule has 0 aliphatic heterocycles. The predicted octanol–water partition coefficient (Wildman–Crippen LogP) is 8.06. The lowest BCUT2D eigenvalue weighted by molar-refractivity contribution is 0.508. The molecule has 0 atom stereocenters. The molecule has 182 valence electrons. The van der Waals surface area contributed by atoms with Gasteiger partial charge in [0.25, 0.3) is 18.8 Å². The van der Waals surface area contributed by atoms with Gasteiger partial charge in [-0.3, -0.25) is 0 Å². The average Bonchev–Trinajstić information content (AvgIpc) is 2.97. The van der Waals surface area contributed by atoms with Gasteiger partial charge in [0, 0.05) is 5.39 Å². The molecule has 0 saturated carbocycles. The molecule has 39 heavy (non-hydrogen) atoms. The first-order chi connectivity index (χ1) is 19.2. The van der Waals surface area contributed by atoms with Gasteiger partial charge in [0.2, 0.25) is 0 Å². The van der Waals surface area contributed by atoms with E-state index in [1.165, 1.54) is 0 Å². The van der Waals surface area contributed by atoms with Gasteiger partial charge in [-0.15, -0.1) is 15.8 Å². The Kier molecular flexibility index (Phi) is 5.87. The van der Waals surface area contributed by atoms with Crippen molar-refractivity contribution in [2.24, 2.45) is 0 Å². The largest absolute Gasteiger partial charge is 0.388 e. The molecule has 0 fully saturated rings. The van der Waals surface area contributed by atoms with E-state index < -0.39 is 0 Å². The fraction of sp³-hybridized carbons (Fsp3) is 0. The summed E-state index contributed by atoms with van der Waals surface area (Å²) in [6, 6.07) is 32.8. The Bertz CT molecular complexity index is 2050. The zero-order valence-electron chi connectivity index (χ0n) is 20.4. The minimum absolute atomic E-state index is 0.446. The van der Waals surface area contributed by atoms with E-state index in [-0.39, 0.29) is 0 Å². The molecule has 0 unspecified atom stereocenters. The van der Waals surface area contributed by atoms with E-state index in [9.17, 15) is 5.26 Å². The first kappa shape index (κ1) is 23.4. The highest BCUT2D eigenvalue weighted by atomic mass is 16.5. The van der Waals surface area contributed by atoms with Gasteiger partial charge in [-0.25, -0.2) is 0 Å². The standard InChI is InChI=1S/C33H17N3O3/c34-18-37-23-12-13-25-22(16-23)5-2-6-26(25)30-15-14-28(29-8-3-9-32(33(29)30)39-20-36)27-7-1-4-21-10-11-24(38-19-35)17-31(21)27/h1-17H. The Morgan fingerprint density at radius 2 is 1.05 bits per heavy atom. The van der Waals surface area contributed by atoms with Crippen LogP contribution in [0.2, 0.25) is 0 Å². The van der Waals surface area contributed by atoms with Gasteiger partial charge in [0.15, 0.2) is 5.75 Å². The third-order valence-corrected chi connectivity index (χ3v) is 6.77. The molecule has 0 aliphatic carbocycles. The lowest BCUT2D eigenvalue weighted by atomic mass is 9.88. The molecule has 0 spiro atoms. The third-order valence-electron chi connectivity index (χ3n) is 6.77. The van der Waals surface area contributed by atoms with Crippen LogP contribution < -0.4 is 14.2 Å². The molecule has 0 bridgehead atoms. The zero-order valence-corrected chi connectivity index (χ0v) is 20.4. The lowest BCUT2D eigenvalue weighted by Gasteiger charge is -2.17. The number of hydrogen-bond acceptors (Lipinski definition) is 6. The fourth-order valence-electron chi connectivity index (χ4n) is 5.18. The van der Waals surface area contributed by atoms with Crippen molar-refractivity contribution in [3.63, 3.8) is 0 Å². The van der Waals surface area contributed by atoms with E-state index in [2.05, 4.69) is 6.07 Å². The Labute approximate surface area is 223 Å². The third kappa shape index (κ3) is 4.07. The van der Waals surface area contributed by atoms with Crippen LogP contribution in [0.25, 0.3) is 54.6 Å². The van der Waals surface area contributed by atoms with Crippen molar-refractivity contribution in [2.45, 2.75) is 0 Å². The molecule has 0 radical (unpaired) electrons. The van der Waals surface area contributed by atoms with Gasteiger partial charge in [-0.05, 0) is 79.5 Å². The van der Waals surface area contributed by atoms with E-state index in [1.54, 1.807) is 30.7 Å². The monoisotopic (exact) mass is 503 g/mol. The molecular formula is C33H17N3O3. The molecule has 0 N–H and O–H groups in total. The molecule has 6 aromatic rings. The fourth-order valence-corrected chi connectivity index (χ4v) is 5.18. The van der Waals surface area contributed by atoms with E-state index in [0.717, 1.165) is 54.6 Å². The Morgan fingerprint density at radius 1 is 0.436 bits per heavy atom. The smallest absolute Gasteiger partial charge is 0.292 e. The van der Waals surface area contributed by atoms with E-state index in [1.807, 2.05) is 85.1 Å². The summed E-state index contributed by atoms with van der Waals surface area (Å²) in [6.07, 6.45) is 5.28. The van der Waals surface area contributed by atoms with Crippen molar-refractivity contribution in [2.75, 3.05) is 0 Å². The van der Waals surface area contributed by atoms with E-state index in [4.69, 9.17) is 24.7 Å². The van der Waals surface area contributed by atoms with Gasteiger partial charge in [0.1, 0.15) is 11.5 Å². The maximum atomic E-state index is 9.45. The summed E-state index contributed by atoms with van der Waals surface area (Å²) in [5, 5.41) is 32.9. The lowest BCUT2D eigenvalue weighted by Crippen LogP contribution is -1.92. The highest BCUT2D eigenvalue weighted by Crippen LogP contribution is 2.44. The van der Waals surface area contributed by atoms with Gasteiger partial charge >= 0.3 is 0 Å². The van der Waals surface area contributed by atoms with Crippen molar-refractivity contribution in [3.05, 3.63) is 103 Å². The second-order valence-corrected chi connectivity index (χ2v) is 8.80. The summed E-state index contributed by atoms with van der Waals surface area (Å²) in [4.78, 5) is 0. The number of nitriles is 3. The second kappa shape index (κ2) is 9.79. The van der Waals surface area contributed by atoms with Crippen LogP contribution in [-0.4, -0.2) is 0 Å². The molecule has 0 aliphatic rings.